The number of benzene rings is 6. The van der Waals surface area contributed by atoms with Gasteiger partial charge < -0.3 is 34.0 Å². The third-order valence-corrected chi connectivity index (χ3v) is 21.0. The lowest BCUT2D eigenvalue weighted by Crippen LogP contribution is -2.40. The number of sulfone groups is 3. The highest BCUT2D eigenvalue weighted by Crippen LogP contribution is 2.29. The van der Waals surface area contributed by atoms with Crippen LogP contribution in [0.2, 0.25) is 0 Å². The first-order valence-electron chi connectivity index (χ1n) is 29.6. The number of hydrogen-bond donors (Lipinski definition) is 1. The number of carbonyl (C=O) groups is 3. The molecular formula is C68H87N3O13S3. The molecule has 0 radical (unpaired) electrons. The standard InChI is InChI=1S/3C22H27NO4S.C2H6O/c3*1-16(2)18-6-4-17(5-7-18)14-23(20-12-13-28(25,26)15-20)22(24)19-8-10-21(27-3)11-9-19;1-2-3/h3*4-11,16,20H,12-15H2,1-3H3;3H,2H2,1H3. The van der Waals surface area contributed by atoms with Crippen molar-refractivity contribution < 1.29 is 59.0 Å². The van der Waals surface area contributed by atoms with E-state index in [9.17, 15) is 39.6 Å². The second kappa shape index (κ2) is 31.7. The predicted molar refractivity (Wildman–Crippen MR) is 344 cm³/mol. The lowest BCUT2D eigenvalue weighted by molar-refractivity contribution is 0.0673. The number of ether oxygens (including phenoxy) is 3. The first-order chi connectivity index (χ1) is 41.3. The maximum atomic E-state index is 13.2. The number of amides is 3. The third-order valence-electron chi connectivity index (χ3n) is 15.7. The van der Waals surface area contributed by atoms with Gasteiger partial charge >= 0.3 is 0 Å². The zero-order chi connectivity index (χ0) is 63.6. The largest absolute Gasteiger partial charge is 0.497 e. The molecule has 0 bridgehead atoms. The first-order valence-corrected chi connectivity index (χ1v) is 35.1. The molecule has 3 aliphatic heterocycles. The highest BCUT2D eigenvalue weighted by atomic mass is 32.2. The van der Waals surface area contributed by atoms with Crippen molar-refractivity contribution in [1.29, 1.82) is 0 Å². The van der Waals surface area contributed by atoms with E-state index in [-0.39, 0.29) is 77.0 Å². The van der Waals surface area contributed by atoms with Crippen LogP contribution < -0.4 is 14.2 Å². The molecule has 3 fully saturated rings. The van der Waals surface area contributed by atoms with Gasteiger partial charge in [-0.3, -0.25) is 14.4 Å². The minimum Gasteiger partial charge on any atom is -0.497 e. The smallest absolute Gasteiger partial charge is 0.254 e. The molecular weight excluding hydrogens is 1160 g/mol. The molecule has 87 heavy (non-hydrogen) atoms. The van der Waals surface area contributed by atoms with Gasteiger partial charge in [0.05, 0.1) is 55.8 Å². The van der Waals surface area contributed by atoms with Gasteiger partial charge in [0.25, 0.3) is 17.7 Å². The van der Waals surface area contributed by atoms with Gasteiger partial charge in [-0.15, -0.1) is 0 Å². The Hall–Kier alpha value is -7.06. The summed E-state index contributed by atoms with van der Waals surface area (Å²) in [6.07, 6.45) is 1.44. The Labute approximate surface area is 516 Å². The van der Waals surface area contributed by atoms with Crippen LogP contribution in [0.4, 0.5) is 0 Å². The first kappa shape index (κ1) is 69.0. The van der Waals surface area contributed by atoms with E-state index < -0.39 is 29.5 Å². The van der Waals surface area contributed by atoms with Gasteiger partial charge in [-0.2, -0.15) is 0 Å². The fourth-order valence-electron chi connectivity index (χ4n) is 10.5. The molecule has 0 aliphatic carbocycles. The number of methoxy groups -OCH3 is 3. The monoisotopic (exact) mass is 1250 g/mol. The Morgan fingerprint density at radius 1 is 0.402 bits per heavy atom. The molecule has 3 atom stereocenters. The Bertz CT molecular complexity index is 3150. The fourth-order valence-corrected chi connectivity index (χ4v) is 15.7. The molecule has 3 amide bonds. The van der Waals surface area contributed by atoms with E-state index in [1.165, 1.54) is 16.7 Å². The molecule has 0 spiro atoms. The lowest BCUT2D eigenvalue weighted by atomic mass is 10.0. The van der Waals surface area contributed by atoms with E-state index >= 15 is 0 Å². The summed E-state index contributed by atoms with van der Waals surface area (Å²) in [5.41, 5.74) is 8.29. The number of rotatable bonds is 18. The zero-order valence-corrected chi connectivity index (χ0v) is 54.4. The van der Waals surface area contributed by atoms with Crippen LogP contribution in [0, 0.1) is 0 Å². The average Bonchev–Trinajstić information content (AvgIpc) is 2.27. The van der Waals surface area contributed by atoms with Gasteiger partial charge in [0, 0.05) is 61.1 Å². The molecule has 16 nitrogen and oxygen atoms in total. The Morgan fingerprint density at radius 3 is 0.770 bits per heavy atom. The second-order valence-electron chi connectivity index (χ2n) is 23.2. The van der Waals surface area contributed by atoms with E-state index in [0.29, 0.717) is 90.6 Å². The number of aliphatic hydroxyl groups excluding tert-OH is 1. The molecule has 0 saturated carbocycles. The van der Waals surface area contributed by atoms with Crippen molar-refractivity contribution in [3.05, 3.63) is 196 Å². The SMILES string of the molecule is CCO.COc1ccc(C(=O)N(Cc2ccc(C(C)C)cc2)C2CCS(=O)(=O)C2)cc1.COc1ccc(C(=O)N(Cc2ccc(C(C)C)cc2)C2CCS(=O)(=O)C2)cc1.COc1ccc(C(=O)N(Cc2ccc(C(C)C)cc2)C2CCS(=O)(=O)C2)cc1. The van der Waals surface area contributed by atoms with Crippen LogP contribution >= 0.6 is 0 Å². The summed E-state index contributed by atoms with van der Waals surface area (Å²) in [6, 6.07) is 44.4. The maximum absolute atomic E-state index is 13.2. The highest BCUT2D eigenvalue weighted by molar-refractivity contribution is 7.92. The average molecular weight is 1250 g/mol. The van der Waals surface area contributed by atoms with E-state index in [0.717, 1.165) is 16.7 Å². The van der Waals surface area contributed by atoms with Gasteiger partial charge in [0.2, 0.25) is 0 Å². The number of carbonyl (C=O) groups excluding carboxylic acids is 3. The minimum atomic E-state index is -3.09. The third kappa shape index (κ3) is 20.2. The van der Waals surface area contributed by atoms with Crippen molar-refractivity contribution in [2.24, 2.45) is 0 Å². The minimum absolute atomic E-state index is 0.0268. The molecule has 470 valence electrons. The molecule has 3 aliphatic rings. The Morgan fingerprint density at radius 2 is 0.609 bits per heavy atom. The van der Waals surface area contributed by atoms with Crippen molar-refractivity contribution >= 4 is 47.2 Å². The van der Waals surface area contributed by atoms with E-state index in [1.807, 2.05) is 36.4 Å². The van der Waals surface area contributed by atoms with E-state index in [4.69, 9.17) is 19.3 Å². The zero-order valence-electron chi connectivity index (χ0n) is 51.9. The van der Waals surface area contributed by atoms with Crippen LogP contribution in [-0.4, -0.2) is 143 Å². The van der Waals surface area contributed by atoms with Crippen molar-refractivity contribution in [2.45, 2.75) is 123 Å². The summed E-state index contributed by atoms with van der Waals surface area (Å²) in [4.78, 5) is 44.8. The summed E-state index contributed by atoms with van der Waals surface area (Å²) >= 11 is 0. The molecule has 9 rings (SSSR count). The lowest BCUT2D eigenvalue weighted by Gasteiger charge is -2.29. The molecule has 1 N–H and O–H groups in total. The fraction of sp³-hybridized carbons (Fsp3) is 0.426. The number of nitrogens with zero attached hydrogens (tertiary/aromatic N) is 3. The van der Waals surface area contributed by atoms with Gasteiger partial charge in [-0.25, -0.2) is 25.3 Å². The van der Waals surface area contributed by atoms with Gasteiger partial charge in [-0.05, 0) is 150 Å². The number of aliphatic hydroxyl groups is 1. The number of hydrogen-bond acceptors (Lipinski definition) is 13. The van der Waals surface area contributed by atoms with Gasteiger partial charge in [0.1, 0.15) is 17.2 Å². The Balaban J connectivity index is 0.000000204. The summed E-state index contributed by atoms with van der Waals surface area (Å²) in [5.74, 6) is 3.36. The van der Waals surface area contributed by atoms with Crippen LogP contribution in [0.1, 0.15) is 150 Å². The molecule has 3 saturated heterocycles. The summed E-state index contributed by atoms with van der Waals surface area (Å²) in [5, 5.41) is 7.57. The van der Waals surface area contributed by atoms with Gasteiger partial charge in [-0.1, -0.05) is 114 Å². The van der Waals surface area contributed by atoms with Crippen molar-refractivity contribution in [3.8, 4) is 17.2 Å². The maximum Gasteiger partial charge on any atom is 0.254 e. The molecule has 6 aromatic carbocycles. The molecule has 0 aromatic heterocycles. The van der Waals surface area contributed by atoms with Crippen LogP contribution in [0.5, 0.6) is 17.2 Å². The topological polar surface area (TPSA) is 211 Å². The molecule has 19 heteroatoms. The van der Waals surface area contributed by atoms with Crippen LogP contribution in [0.3, 0.4) is 0 Å². The Kier molecular flexibility index (Phi) is 25.2. The summed E-state index contributed by atoms with van der Waals surface area (Å²) in [6.45, 7) is 15.9. The van der Waals surface area contributed by atoms with E-state index in [1.54, 1.807) is 116 Å². The predicted octanol–water partition coefficient (Wildman–Crippen LogP) is 10.9. The molecule has 3 unspecified atom stereocenters. The van der Waals surface area contributed by atoms with Crippen LogP contribution in [0.15, 0.2) is 146 Å². The normalized spacial score (nSPS) is 17.8. The molecule has 3 heterocycles. The second-order valence-corrected chi connectivity index (χ2v) is 29.8. The van der Waals surface area contributed by atoms with Crippen molar-refractivity contribution in [2.75, 3.05) is 62.5 Å². The van der Waals surface area contributed by atoms with Crippen LogP contribution in [0.25, 0.3) is 0 Å². The van der Waals surface area contributed by atoms with Crippen LogP contribution in [-0.2, 0) is 49.1 Å². The summed E-state index contributed by atoms with van der Waals surface area (Å²) < 4.78 is 87.5. The van der Waals surface area contributed by atoms with E-state index in [2.05, 4.69) is 77.9 Å². The summed E-state index contributed by atoms with van der Waals surface area (Å²) in [7, 11) is -4.54. The molecule has 6 aromatic rings. The van der Waals surface area contributed by atoms with Crippen molar-refractivity contribution in [1.82, 2.24) is 14.7 Å². The highest BCUT2D eigenvalue weighted by Gasteiger charge is 2.38. The van der Waals surface area contributed by atoms with Crippen molar-refractivity contribution in [3.63, 3.8) is 0 Å². The van der Waals surface area contributed by atoms with Gasteiger partial charge in [0.15, 0.2) is 29.5 Å². The quantitative estimate of drug-likeness (QED) is 0.0850.